The average Bonchev–Trinajstić information content (AvgIpc) is 3.70. The third kappa shape index (κ3) is 13.3. The van der Waals surface area contributed by atoms with Crippen molar-refractivity contribution in [2.24, 2.45) is 17.8 Å². The number of hydrogen-bond donors (Lipinski definition) is 6. The first kappa shape index (κ1) is 51.7. The third-order valence-electron chi connectivity index (χ3n) is 13.3. The third-order valence-corrected chi connectivity index (χ3v) is 13.3. The lowest BCUT2D eigenvalue weighted by Gasteiger charge is -2.47. The molecule has 0 spiro atoms. The number of esters is 1. The van der Waals surface area contributed by atoms with Gasteiger partial charge < -0.3 is 49.7 Å². The van der Waals surface area contributed by atoms with E-state index in [2.05, 4.69) is 21.3 Å². The summed E-state index contributed by atoms with van der Waals surface area (Å²) >= 11 is 0. The summed E-state index contributed by atoms with van der Waals surface area (Å²) in [6, 6.07) is 7.07. The Balaban J connectivity index is 1.50. The first-order valence-corrected chi connectivity index (χ1v) is 22.6. The van der Waals surface area contributed by atoms with Crippen molar-refractivity contribution in [3.8, 4) is 11.3 Å². The molecule has 0 amide bonds. The van der Waals surface area contributed by atoms with Crippen molar-refractivity contribution in [2.45, 2.75) is 186 Å². The van der Waals surface area contributed by atoms with Gasteiger partial charge in [0.1, 0.15) is 36.2 Å². The number of benzene rings is 1. The van der Waals surface area contributed by atoms with Gasteiger partial charge >= 0.3 is 5.97 Å². The minimum atomic E-state index is -1.79. The van der Waals surface area contributed by atoms with Crippen molar-refractivity contribution >= 4 is 11.8 Å². The monoisotopic (exact) mass is 876 g/mol. The molecule has 1 aromatic carbocycles. The number of aromatic nitrogens is 3. The lowest BCUT2D eigenvalue weighted by Crippen LogP contribution is -2.59. The molecule has 2 aliphatic heterocycles. The Hall–Kier alpha value is -2.90. The number of ketones is 1. The predicted molar refractivity (Wildman–Crippen MR) is 233 cm³/mol. The first-order chi connectivity index (χ1) is 29.1. The van der Waals surface area contributed by atoms with Crippen LogP contribution in [-0.2, 0) is 36.9 Å². The number of ether oxygens (including phenoxy) is 3. The number of rotatable bonds is 15. The quantitative estimate of drug-likeness (QED) is 0.112. The van der Waals surface area contributed by atoms with Crippen LogP contribution in [-0.4, -0.2) is 161 Å². The van der Waals surface area contributed by atoms with Crippen LogP contribution in [0.1, 0.15) is 112 Å². The van der Waals surface area contributed by atoms with Crippen molar-refractivity contribution < 1.29 is 54.4 Å². The van der Waals surface area contributed by atoms with Crippen LogP contribution < -0.4 is 0 Å². The molecule has 352 valence electrons. The molecule has 0 radical (unpaired) electrons. The molecule has 0 saturated carbocycles. The topological polar surface area (TPSA) is 220 Å². The van der Waals surface area contributed by atoms with Crippen molar-refractivity contribution in [1.82, 2.24) is 24.8 Å². The zero-order valence-corrected chi connectivity index (χ0v) is 38.8. The second kappa shape index (κ2) is 22.8. The van der Waals surface area contributed by atoms with Crippen LogP contribution in [0.3, 0.4) is 0 Å². The number of carbonyl (C=O) groups is 2. The number of nitrogens with zero attached hydrogens (tertiary/aromatic N) is 5. The Kier molecular flexibility index (Phi) is 19.0. The smallest absolute Gasteiger partial charge is 0.311 e. The lowest BCUT2D eigenvalue weighted by atomic mass is 9.78. The highest BCUT2D eigenvalue weighted by Crippen LogP contribution is 2.37. The maximum Gasteiger partial charge on any atom is 0.311 e. The van der Waals surface area contributed by atoms with Crippen LogP contribution in [0.5, 0.6) is 0 Å². The Bertz CT molecular complexity index is 1710. The Labute approximate surface area is 368 Å². The first-order valence-electron chi connectivity index (χ1n) is 22.6. The molecular formula is C46H77N5O11. The van der Waals surface area contributed by atoms with Crippen molar-refractivity contribution in [1.29, 1.82) is 0 Å². The summed E-state index contributed by atoms with van der Waals surface area (Å²) < 4.78 is 20.5. The normalized spacial score (nSPS) is 35.9. The van der Waals surface area contributed by atoms with Crippen LogP contribution in [0.4, 0.5) is 0 Å². The molecule has 0 bridgehead atoms. The molecule has 1 aromatic heterocycles. The largest absolute Gasteiger partial charge is 0.459 e. The van der Waals surface area contributed by atoms with Crippen LogP contribution in [0, 0.1) is 17.8 Å². The van der Waals surface area contributed by atoms with E-state index < -0.39 is 84.5 Å². The summed E-state index contributed by atoms with van der Waals surface area (Å²) in [7, 11) is 3.76. The average molecular weight is 876 g/mol. The number of aliphatic hydroxyl groups is 6. The van der Waals surface area contributed by atoms with Gasteiger partial charge in [0.25, 0.3) is 0 Å². The minimum absolute atomic E-state index is 0.127. The summed E-state index contributed by atoms with van der Waals surface area (Å²) in [5, 5.41) is 76.6. The summed E-state index contributed by atoms with van der Waals surface area (Å²) in [6.07, 6.45) is -0.691. The summed E-state index contributed by atoms with van der Waals surface area (Å²) in [5.41, 5.74) is -0.727. The fourth-order valence-corrected chi connectivity index (χ4v) is 9.46. The van der Waals surface area contributed by atoms with Gasteiger partial charge in [0.05, 0.1) is 36.0 Å². The SMILES string of the molecule is CC[C@H]1OC(=O)[C@H](C)[C@@H](O)[C@H](C)[C@@H](O[C@@H]2O[C@H](C)C[C@H](N(C)Cc3cccc(-c4cn(CCCCCCC(=O)CO)nn4)c3)[C@H]2O)[C@](C)(O)C[C@@H](C)CN(C)[C@H](C)[C@@H](O)[C@]1(C)O. The van der Waals surface area contributed by atoms with Crippen molar-refractivity contribution in [3.05, 3.63) is 36.0 Å². The van der Waals surface area contributed by atoms with Crippen LogP contribution in [0.2, 0.25) is 0 Å². The van der Waals surface area contributed by atoms with Gasteiger partial charge in [0.2, 0.25) is 0 Å². The molecule has 16 nitrogen and oxygen atoms in total. The Morgan fingerprint density at radius 1 is 1.03 bits per heavy atom. The molecule has 2 saturated heterocycles. The second-order valence-electron chi connectivity index (χ2n) is 19.0. The molecule has 62 heavy (non-hydrogen) atoms. The number of Topliss-reactive ketones (excluding diaryl/α,β-unsaturated/α-hetero) is 1. The highest BCUT2D eigenvalue weighted by molar-refractivity contribution is 5.79. The van der Waals surface area contributed by atoms with E-state index in [0.29, 0.717) is 32.5 Å². The van der Waals surface area contributed by atoms with Crippen molar-refractivity contribution in [3.63, 3.8) is 0 Å². The lowest BCUT2D eigenvalue weighted by molar-refractivity contribution is -0.300. The summed E-state index contributed by atoms with van der Waals surface area (Å²) in [6.45, 7) is 15.0. The zero-order valence-electron chi connectivity index (χ0n) is 38.8. The minimum Gasteiger partial charge on any atom is -0.459 e. The number of likely N-dealkylation sites (N-methyl/N-ethyl adjacent to an activating group) is 2. The fourth-order valence-electron chi connectivity index (χ4n) is 9.46. The number of carbonyl (C=O) groups excluding carboxylic acids is 2. The summed E-state index contributed by atoms with van der Waals surface area (Å²) in [5.74, 6) is -3.00. The van der Waals surface area contributed by atoms with E-state index in [0.717, 1.165) is 42.5 Å². The van der Waals surface area contributed by atoms with E-state index >= 15 is 0 Å². The van der Waals surface area contributed by atoms with E-state index in [9.17, 15) is 35.1 Å². The molecule has 16 heteroatoms. The number of aryl methyl sites for hydroxylation is 1. The van der Waals surface area contributed by atoms with E-state index in [-0.39, 0.29) is 30.6 Å². The van der Waals surface area contributed by atoms with Crippen molar-refractivity contribution in [2.75, 3.05) is 27.2 Å². The molecule has 2 aliphatic rings. The van der Waals surface area contributed by atoms with Gasteiger partial charge in [-0.3, -0.25) is 19.2 Å². The molecule has 2 aromatic rings. The molecular weight excluding hydrogens is 799 g/mol. The van der Waals surface area contributed by atoms with Gasteiger partial charge in [-0.2, -0.15) is 0 Å². The number of cyclic esters (lactones) is 1. The van der Waals surface area contributed by atoms with E-state index in [1.807, 2.05) is 61.9 Å². The van der Waals surface area contributed by atoms with Crippen LogP contribution >= 0.6 is 0 Å². The van der Waals surface area contributed by atoms with Gasteiger partial charge in [-0.15, -0.1) is 5.10 Å². The second-order valence-corrected chi connectivity index (χ2v) is 19.0. The maximum atomic E-state index is 13.6. The van der Waals surface area contributed by atoms with Gasteiger partial charge in [-0.1, -0.05) is 57.0 Å². The zero-order chi connectivity index (χ0) is 46.1. The van der Waals surface area contributed by atoms with Gasteiger partial charge in [-0.05, 0) is 98.4 Å². The van der Waals surface area contributed by atoms with Gasteiger partial charge in [0.15, 0.2) is 12.1 Å². The molecule has 14 atom stereocenters. The van der Waals surface area contributed by atoms with Crippen LogP contribution in [0.25, 0.3) is 11.3 Å². The standard InChI is InChI=1S/C46H77N5O11/c1-11-38-46(8,59)41(56)32(6)49(9)24-28(2)23-45(7,58)42(30(4)39(54)31(5)43(57)61-38)62-44-40(55)37(21-29(3)60-44)50(10)25-33-17-16-18-34(22-33)36-26-51(48-47-36)20-15-13-12-14-19-35(53)27-52/h16-18,22,26,28-32,37-42,44,52,54-56,58-59H,11-15,19-21,23-25,27H2,1-10H3/t28-,29-,30+,31-,32-,37+,38-,39+,40-,41-,42-,44+,45-,46-/m1/s1. The van der Waals surface area contributed by atoms with Crippen LogP contribution in [0.15, 0.2) is 30.5 Å². The molecule has 3 heterocycles. The van der Waals surface area contributed by atoms with Gasteiger partial charge in [0, 0.05) is 49.6 Å². The molecule has 0 unspecified atom stereocenters. The Morgan fingerprint density at radius 3 is 2.40 bits per heavy atom. The Morgan fingerprint density at radius 2 is 1.73 bits per heavy atom. The van der Waals surface area contributed by atoms with Gasteiger partial charge in [-0.25, -0.2) is 0 Å². The van der Waals surface area contributed by atoms with E-state index in [1.165, 1.54) is 13.8 Å². The maximum absolute atomic E-state index is 13.6. The predicted octanol–water partition coefficient (Wildman–Crippen LogP) is 3.32. The molecule has 0 aliphatic carbocycles. The molecule has 2 fully saturated rings. The van der Waals surface area contributed by atoms with E-state index in [1.54, 1.807) is 27.7 Å². The molecule has 4 rings (SSSR count). The summed E-state index contributed by atoms with van der Waals surface area (Å²) in [4.78, 5) is 28.9. The highest BCUT2D eigenvalue weighted by atomic mass is 16.7. The van der Waals surface area contributed by atoms with E-state index in [4.69, 9.17) is 19.3 Å². The number of hydrogen-bond acceptors (Lipinski definition) is 15. The number of unbranched alkanes of at least 4 members (excludes halogenated alkanes) is 3. The molecule has 6 N–H and O–H groups in total. The number of aliphatic hydroxyl groups excluding tert-OH is 4. The highest BCUT2D eigenvalue weighted by Gasteiger charge is 2.50. The fraction of sp³-hybridized carbons (Fsp3) is 0.783.